The van der Waals surface area contributed by atoms with Crippen molar-refractivity contribution < 1.29 is 9.09 Å². The van der Waals surface area contributed by atoms with Crippen molar-refractivity contribution in [1.82, 2.24) is 9.55 Å². The maximum atomic E-state index is 12.3. The van der Waals surface area contributed by atoms with Crippen LogP contribution in [-0.2, 0) is 9.09 Å². The molecule has 1 heterocycles. The molecule has 6 atom stereocenters. The van der Waals surface area contributed by atoms with Gasteiger partial charge < -0.3 is 9.09 Å². The summed E-state index contributed by atoms with van der Waals surface area (Å²) in [7, 11) is -2.45. The highest BCUT2D eigenvalue weighted by Crippen LogP contribution is 2.66. The Morgan fingerprint density at radius 3 is 2.64 bits per heavy atom. The van der Waals surface area contributed by atoms with Gasteiger partial charge in [-0.3, -0.25) is 4.57 Å². The quantitative estimate of drug-likeness (QED) is 0.352. The Morgan fingerprint density at radius 1 is 1.03 bits per heavy atom. The fourth-order valence-electron chi connectivity index (χ4n) is 8.15. The van der Waals surface area contributed by atoms with Gasteiger partial charge in [-0.25, -0.2) is 4.98 Å². The third kappa shape index (κ3) is 3.35. The molecule has 33 heavy (non-hydrogen) atoms. The van der Waals surface area contributed by atoms with E-state index in [4.69, 9.17) is 9.51 Å². The second kappa shape index (κ2) is 7.43. The van der Waals surface area contributed by atoms with Crippen molar-refractivity contribution in [3.63, 3.8) is 0 Å². The minimum atomic E-state index is -2.45. The fraction of sp³-hybridized carbons (Fsp3) is 0.607. The van der Waals surface area contributed by atoms with E-state index in [2.05, 4.69) is 54.8 Å². The lowest BCUT2D eigenvalue weighted by Crippen LogP contribution is -2.50. The lowest BCUT2D eigenvalue weighted by molar-refractivity contribution is -0.0219. The van der Waals surface area contributed by atoms with Gasteiger partial charge in [0.15, 0.2) is 7.37 Å². The molecular weight excluding hydrogens is 427 g/mol. The van der Waals surface area contributed by atoms with E-state index in [1.165, 1.54) is 43.3 Å². The second-order valence-electron chi connectivity index (χ2n) is 11.9. The largest absolute Gasteiger partial charge is 0.325 e. The lowest BCUT2D eigenvalue weighted by atomic mass is 9.48. The monoisotopic (exact) mass is 464 g/mol. The molecule has 0 aliphatic heterocycles. The number of benzene rings is 1. The van der Waals surface area contributed by atoms with Crippen LogP contribution in [0.25, 0.3) is 16.7 Å². The number of para-hydroxylation sites is 2. The summed E-state index contributed by atoms with van der Waals surface area (Å²) in [5.74, 6) is 2.18. The second-order valence-corrected chi connectivity index (χ2v) is 14.6. The Labute approximate surface area is 198 Å². The summed E-state index contributed by atoms with van der Waals surface area (Å²) in [5, 5.41) is 0. The van der Waals surface area contributed by atoms with Crippen LogP contribution in [0.2, 0.25) is 0 Å². The molecule has 2 saturated carbocycles. The van der Waals surface area contributed by atoms with Crippen LogP contribution in [0, 0.1) is 28.6 Å². The molecule has 0 amide bonds. The van der Waals surface area contributed by atoms with Crippen LogP contribution in [-0.4, -0.2) is 29.0 Å². The number of aromatic nitrogens is 2. The summed E-state index contributed by atoms with van der Waals surface area (Å²) >= 11 is 0. The van der Waals surface area contributed by atoms with Gasteiger partial charge in [0.2, 0.25) is 0 Å². The molecule has 6 rings (SSSR count). The highest BCUT2D eigenvalue weighted by molar-refractivity contribution is 7.57. The summed E-state index contributed by atoms with van der Waals surface area (Å²) in [6.07, 6.45) is 15.3. The standard InChI is InChI=1S/C28H37N2O2P/c1-27-15-13-20(32-33(3,4)31)17-19(27)9-10-21-22-11-12-26(28(22,2)16-14-23(21)27)30-18-29-24-7-5-6-8-25(24)30/h5-9,12,18,20-23H,10-11,13-17H2,1-4H3/t20-,21?,22?,23?,27-,28-/m0/s1. The highest BCUT2D eigenvalue weighted by Gasteiger charge is 2.57. The van der Waals surface area contributed by atoms with Gasteiger partial charge in [0.1, 0.15) is 6.33 Å². The molecule has 0 N–H and O–H groups in total. The number of imidazole rings is 1. The Bertz CT molecular complexity index is 1210. The smallest absolute Gasteiger partial charge is 0.197 e. The number of fused-ring (bicyclic) bond motifs is 6. The van der Waals surface area contributed by atoms with Gasteiger partial charge in [-0.15, -0.1) is 0 Å². The maximum absolute atomic E-state index is 12.3. The van der Waals surface area contributed by atoms with Crippen LogP contribution in [0.15, 0.2) is 48.3 Å². The molecule has 2 fully saturated rings. The van der Waals surface area contributed by atoms with Crippen molar-refractivity contribution in [1.29, 1.82) is 0 Å². The predicted molar refractivity (Wildman–Crippen MR) is 135 cm³/mol. The van der Waals surface area contributed by atoms with Crippen molar-refractivity contribution in [2.24, 2.45) is 28.6 Å². The molecule has 176 valence electrons. The minimum absolute atomic E-state index is 0.129. The SMILES string of the molecule is C[C@]12CC[C@H](OP(C)(C)=O)CC1=CCC1C2CC[C@]2(C)C(n3cnc4ccccc43)=CCC12. The first kappa shape index (κ1) is 21.9. The molecule has 2 aromatic rings. The normalized spacial score (nSPS) is 38.3. The molecule has 4 aliphatic carbocycles. The van der Waals surface area contributed by atoms with Gasteiger partial charge in [0.05, 0.1) is 17.1 Å². The van der Waals surface area contributed by atoms with Crippen LogP contribution in [0.5, 0.6) is 0 Å². The Morgan fingerprint density at radius 2 is 1.82 bits per heavy atom. The van der Waals surface area contributed by atoms with Gasteiger partial charge in [-0.05, 0) is 80.2 Å². The minimum Gasteiger partial charge on any atom is -0.325 e. The Hall–Kier alpha value is -1.64. The average Bonchev–Trinajstić information content (AvgIpc) is 3.33. The Balaban J connectivity index is 1.28. The predicted octanol–water partition coefficient (Wildman–Crippen LogP) is 7.37. The van der Waals surface area contributed by atoms with E-state index in [0.29, 0.717) is 5.92 Å². The summed E-state index contributed by atoms with van der Waals surface area (Å²) in [6.45, 7) is 8.55. The zero-order valence-corrected chi connectivity index (χ0v) is 21.4. The molecule has 5 heteroatoms. The van der Waals surface area contributed by atoms with Gasteiger partial charge in [0, 0.05) is 24.4 Å². The molecule has 4 nitrogen and oxygen atoms in total. The molecule has 3 unspecified atom stereocenters. The summed E-state index contributed by atoms with van der Waals surface area (Å²) < 4.78 is 20.6. The van der Waals surface area contributed by atoms with Crippen LogP contribution in [0.4, 0.5) is 0 Å². The van der Waals surface area contributed by atoms with Crippen LogP contribution in [0.3, 0.4) is 0 Å². The summed E-state index contributed by atoms with van der Waals surface area (Å²) in [6, 6.07) is 8.51. The number of hydrogen-bond acceptors (Lipinski definition) is 3. The van der Waals surface area contributed by atoms with Crippen molar-refractivity contribution >= 4 is 24.1 Å². The average molecular weight is 465 g/mol. The van der Waals surface area contributed by atoms with E-state index in [9.17, 15) is 4.57 Å². The molecule has 0 radical (unpaired) electrons. The van der Waals surface area contributed by atoms with Gasteiger partial charge in [0.25, 0.3) is 0 Å². The van der Waals surface area contributed by atoms with Gasteiger partial charge >= 0.3 is 0 Å². The number of rotatable bonds is 3. The number of nitrogens with zero attached hydrogens (tertiary/aromatic N) is 2. The molecule has 1 aromatic carbocycles. The molecule has 4 aliphatic rings. The maximum Gasteiger partial charge on any atom is 0.197 e. The number of allylic oxidation sites excluding steroid dienone is 3. The molecule has 0 spiro atoms. The Kier molecular flexibility index (Phi) is 4.92. The van der Waals surface area contributed by atoms with Crippen molar-refractivity contribution in [2.75, 3.05) is 13.3 Å². The summed E-state index contributed by atoms with van der Waals surface area (Å²) in [5.41, 5.74) is 5.86. The lowest BCUT2D eigenvalue weighted by Gasteiger charge is -2.57. The first-order valence-corrected chi connectivity index (χ1v) is 15.3. The van der Waals surface area contributed by atoms with E-state index in [-0.39, 0.29) is 16.9 Å². The van der Waals surface area contributed by atoms with Gasteiger partial charge in [-0.1, -0.05) is 43.7 Å². The van der Waals surface area contributed by atoms with Crippen molar-refractivity contribution in [2.45, 2.75) is 64.9 Å². The first-order valence-electron chi connectivity index (χ1n) is 12.7. The first-order chi connectivity index (χ1) is 15.7. The van der Waals surface area contributed by atoms with Crippen LogP contribution in [0.1, 0.15) is 58.8 Å². The van der Waals surface area contributed by atoms with E-state index >= 15 is 0 Å². The van der Waals surface area contributed by atoms with Crippen LogP contribution < -0.4 is 0 Å². The van der Waals surface area contributed by atoms with Crippen LogP contribution >= 0.6 is 7.37 Å². The van der Waals surface area contributed by atoms with E-state index in [1.807, 2.05) is 6.33 Å². The third-order valence-electron chi connectivity index (χ3n) is 9.71. The summed E-state index contributed by atoms with van der Waals surface area (Å²) in [4.78, 5) is 4.69. The molecular formula is C28H37N2O2P. The van der Waals surface area contributed by atoms with E-state index in [0.717, 1.165) is 30.2 Å². The van der Waals surface area contributed by atoms with E-state index < -0.39 is 7.37 Å². The molecule has 0 saturated heterocycles. The topological polar surface area (TPSA) is 44.1 Å². The fourth-order valence-corrected chi connectivity index (χ4v) is 9.04. The molecule has 0 bridgehead atoms. The van der Waals surface area contributed by atoms with Gasteiger partial charge in [-0.2, -0.15) is 0 Å². The zero-order chi connectivity index (χ0) is 23.0. The van der Waals surface area contributed by atoms with Crippen molar-refractivity contribution in [3.8, 4) is 0 Å². The van der Waals surface area contributed by atoms with E-state index in [1.54, 1.807) is 18.9 Å². The highest BCUT2D eigenvalue weighted by atomic mass is 31.2. The molecule has 1 aromatic heterocycles. The third-order valence-corrected chi connectivity index (χ3v) is 10.5. The zero-order valence-electron chi connectivity index (χ0n) is 20.5. The number of hydrogen-bond donors (Lipinski definition) is 0. The van der Waals surface area contributed by atoms with Crippen molar-refractivity contribution in [3.05, 3.63) is 48.3 Å².